The lowest BCUT2D eigenvalue weighted by atomic mass is 10.1. The van der Waals surface area contributed by atoms with E-state index in [1.165, 1.54) is 0 Å². The van der Waals surface area contributed by atoms with E-state index >= 15 is 0 Å². The summed E-state index contributed by atoms with van der Waals surface area (Å²) in [5.41, 5.74) is 0.212. The SMILES string of the molecule is CC.CC1=NCC(C)(C)N1. The second-order valence-corrected chi connectivity index (χ2v) is 2.91. The van der Waals surface area contributed by atoms with Crippen LogP contribution >= 0.6 is 0 Å². The van der Waals surface area contributed by atoms with Crippen LogP contribution in [0, 0.1) is 0 Å². The molecule has 0 spiro atoms. The molecule has 0 saturated carbocycles. The van der Waals surface area contributed by atoms with Crippen LogP contribution in [0.4, 0.5) is 0 Å². The van der Waals surface area contributed by atoms with E-state index in [-0.39, 0.29) is 5.54 Å². The molecule has 0 fully saturated rings. The Morgan fingerprint density at radius 3 is 2.00 bits per heavy atom. The van der Waals surface area contributed by atoms with Crippen LogP contribution in [0.5, 0.6) is 0 Å². The van der Waals surface area contributed by atoms with Crippen molar-refractivity contribution in [1.29, 1.82) is 0 Å². The van der Waals surface area contributed by atoms with Gasteiger partial charge in [-0.1, -0.05) is 13.8 Å². The van der Waals surface area contributed by atoms with E-state index in [1.807, 2.05) is 20.8 Å². The summed E-state index contributed by atoms with van der Waals surface area (Å²) in [6, 6.07) is 0. The van der Waals surface area contributed by atoms with Gasteiger partial charge in [0.15, 0.2) is 0 Å². The molecule has 0 aromatic heterocycles. The molecule has 60 valence electrons. The first kappa shape index (κ1) is 9.47. The Morgan fingerprint density at radius 1 is 1.40 bits per heavy atom. The largest absolute Gasteiger partial charge is 0.367 e. The molecular weight excluding hydrogens is 124 g/mol. The minimum Gasteiger partial charge on any atom is -0.367 e. The highest BCUT2D eigenvalue weighted by atomic mass is 15.1. The molecule has 0 aromatic carbocycles. The van der Waals surface area contributed by atoms with Crippen molar-refractivity contribution in [3.63, 3.8) is 0 Å². The first-order valence-electron chi connectivity index (χ1n) is 3.89. The van der Waals surface area contributed by atoms with Crippen LogP contribution in [0.1, 0.15) is 34.6 Å². The van der Waals surface area contributed by atoms with Crippen LogP contribution in [0.25, 0.3) is 0 Å². The van der Waals surface area contributed by atoms with Crippen molar-refractivity contribution in [2.75, 3.05) is 6.54 Å². The Balaban J connectivity index is 0.000000371. The van der Waals surface area contributed by atoms with Gasteiger partial charge in [0.2, 0.25) is 0 Å². The molecule has 1 aliphatic rings. The first-order chi connectivity index (χ1) is 4.60. The maximum Gasteiger partial charge on any atom is 0.0937 e. The van der Waals surface area contributed by atoms with Gasteiger partial charge in [-0.25, -0.2) is 0 Å². The standard InChI is InChI=1S/C6H12N2.C2H6/c1-5-7-4-6(2,3)8-5;1-2/h4H2,1-3H3,(H,7,8);1-2H3. The number of aliphatic imine (C=N–C) groups is 1. The number of hydrogen-bond donors (Lipinski definition) is 1. The van der Waals surface area contributed by atoms with Crippen LogP contribution in [0.15, 0.2) is 4.99 Å². The van der Waals surface area contributed by atoms with Crippen LogP contribution in [-0.4, -0.2) is 17.9 Å². The van der Waals surface area contributed by atoms with Crippen LogP contribution in [0.2, 0.25) is 0 Å². The summed E-state index contributed by atoms with van der Waals surface area (Å²) >= 11 is 0. The normalized spacial score (nSPS) is 20.3. The highest BCUT2D eigenvalue weighted by Crippen LogP contribution is 2.07. The third-order valence-electron chi connectivity index (χ3n) is 1.23. The first-order valence-corrected chi connectivity index (χ1v) is 3.89. The van der Waals surface area contributed by atoms with E-state index in [2.05, 4.69) is 24.2 Å². The van der Waals surface area contributed by atoms with Gasteiger partial charge in [-0.3, -0.25) is 4.99 Å². The molecule has 1 aliphatic heterocycles. The predicted octanol–water partition coefficient (Wildman–Crippen LogP) is 1.81. The molecule has 0 bridgehead atoms. The summed E-state index contributed by atoms with van der Waals surface area (Å²) in [7, 11) is 0. The maximum absolute atomic E-state index is 4.19. The van der Waals surface area contributed by atoms with Gasteiger partial charge in [0, 0.05) is 0 Å². The summed E-state index contributed by atoms with van der Waals surface area (Å²) in [5.74, 6) is 1.06. The summed E-state index contributed by atoms with van der Waals surface area (Å²) in [6.07, 6.45) is 0. The summed E-state index contributed by atoms with van der Waals surface area (Å²) < 4.78 is 0. The molecule has 1 rings (SSSR count). The van der Waals surface area contributed by atoms with Gasteiger partial charge in [0.25, 0.3) is 0 Å². The highest BCUT2D eigenvalue weighted by molar-refractivity contribution is 5.82. The Bertz CT molecular complexity index is 125. The fourth-order valence-corrected chi connectivity index (χ4v) is 0.885. The van der Waals surface area contributed by atoms with Crippen molar-refractivity contribution in [3.8, 4) is 0 Å². The van der Waals surface area contributed by atoms with E-state index in [0.717, 1.165) is 12.4 Å². The lowest BCUT2D eigenvalue weighted by Crippen LogP contribution is -2.38. The molecule has 0 aliphatic carbocycles. The van der Waals surface area contributed by atoms with Crippen LogP contribution < -0.4 is 5.32 Å². The number of amidine groups is 1. The van der Waals surface area contributed by atoms with Gasteiger partial charge in [-0.05, 0) is 20.8 Å². The minimum atomic E-state index is 0.212. The Labute approximate surface area is 63.7 Å². The Hall–Kier alpha value is -0.530. The van der Waals surface area contributed by atoms with Gasteiger partial charge in [0.1, 0.15) is 0 Å². The maximum atomic E-state index is 4.19. The van der Waals surface area contributed by atoms with Gasteiger partial charge >= 0.3 is 0 Å². The van der Waals surface area contributed by atoms with E-state index in [4.69, 9.17) is 0 Å². The van der Waals surface area contributed by atoms with Crippen molar-refractivity contribution >= 4 is 5.84 Å². The van der Waals surface area contributed by atoms with Crippen molar-refractivity contribution in [3.05, 3.63) is 0 Å². The van der Waals surface area contributed by atoms with Gasteiger partial charge < -0.3 is 5.32 Å². The highest BCUT2D eigenvalue weighted by Gasteiger charge is 2.21. The molecule has 1 heterocycles. The van der Waals surface area contributed by atoms with Gasteiger partial charge in [-0.15, -0.1) is 0 Å². The minimum absolute atomic E-state index is 0.212. The second-order valence-electron chi connectivity index (χ2n) is 2.91. The zero-order chi connectivity index (χ0) is 8.20. The fraction of sp³-hybridized carbons (Fsp3) is 0.875. The van der Waals surface area contributed by atoms with E-state index in [0.29, 0.717) is 0 Å². The van der Waals surface area contributed by atoms with Gasteiger partial charge in [-0.2, -0.15) is 0 Å². The average Bonchev–Trinajstić information content (AvgIpc) is 2.15. The summed E-state index contributed by atoms with van der Waals surface area (Å²) in [5, 5.41) is 3.24. The van der Waals surface area contributed by atoms with Crippen molar-refractivity contribution in [2.24, 2.45) is 4.99 Å². The Morgan fingerprint density at radius 2 is 1.90 bits per heavy atom. The molecule has 0 aromatic rings. The zero-order valence-corrected chi connectivity index (χ0v) is 7.65. The lowest BCUT2D eigenvalue weighted by Gasteiger charge is -2.16. The smallest absolute Gasteiger partial charge is 0.0937 e. The zero-order valence-electron chi connectivity index (χ0n) is 7.65. The van der Waals surface area contributed by atoms with Crippen molar-refractivity contribution < 1.29 is 0 Å². The summed E-state index contributed by atoms with van der Waals surface area (Å²) in [6.45, 7) is 11.2. The Kier molecular flexibility index (Phi) is 3.40. The number of hydrogen-bond acceptors (Lipinski definition) is 2. The van der Waals surface area contributed by atoms with Gasteiger partial charge in [0.05, 0.1) is 17.9 Å². The second kappa shape index (κ2) is 3.59. The molecule has 0 atom stereocenters. The molecule has 0 unspecified atom stereocenters. The molecule has 0 amide bonds. The molecular formula is C8H18N2. The topological polar surface area (TPSA) is 24.4 Å². The van der Waals surface area contributed by atoms with Crippen molar-refractivity contribution in [1.82, 2.24) is 5.32 Å². The quantitative estimate of drug-likeness (QED) is 0.548. The molecule has 2 nitrogen and oxygen atoms in total. The van der Waals surface area contributed by atoms with E-state index in [9.17, 15) is 0 Å². The lowest BCUT2D eigenvalue weighted by molar-refractivity contribution is 0.506. The van der Waals surface area contributed by atoms with Crippen LogP contribution in [0.3, 0.4) is 0 Å². The average molecular weight is 142 g/mol. The molecule has 0 radical (unpaired) electrons. The molecule has 1 N–H and O–H groups in total. The number of nitrogens with one attached hydrogen (secondary N) is 1. The third kappa shape index (κ3) is 2.85. The van der Waals surface area contributed by atoms with Crippen molar-refractivity contribution in [2.45, 2.75) is 40.2 Å². The van der Waals surface area contributed by atoms with E-state index in [1.54, 1.807) is 0 Å². The fourth-order valence-electron chi connectivity index (χ4n) is 0.885. The number of nitrogens with zero attached hydrogens (tertiary/aromatic N) is 1. The molecule has 2 heteroatoms. The number of rotatable bonds is 0. The third-order valence-corrected chi connectivity index (χ3v) is 1.23. The predicted molar refractivity (Wildman–Crippen MR) is 46.5 cm³/mol. The summed E-state index contributed by atoms with van der Waals surface area (Å²) in [4.78, 5) is 4.19. The monoisotopic (exact) mass is 142 g/mol. The molecule has 0 saturated heterocycles. The molecule has 10 heavy (non-hydrogen) atoms. The van der Waals surface area contributed by atoms with Crippen LogP contribution in [-0.2, 0) is 0 Å². The van der Waals surface area contributed by atoms with E-state index < -0.39 is 0 Å².